The van der Waals surface area contributed by atoms with Crippen molar-refractivity contribution in [1.82, 2.24) is 4.90 Å². The standard InChI is InChI=1S/C21H23FN2O3/c1-15(25)16-3-8-20(27-2)17(13-16)14-21(26)24-11-9-23(10-12-24)19-6-4-18(22)5-7-19/h3-8,13H,9-12,14H2,1-2H3. The summed E-state index contributed by atoms with van der Waals surface area (Å²) >= 11 is 0. The van der Waals surface area contributed by atoms with Gasteiger partial charge in [-0.1, -0.05) is 0 Å². The largest absolute Gasteiger partial charge is 0.496 e. The van der Waals surface area contributed by atoms with E-state index in [9.17, 15) is 14.0 Å². The molecule has 27 heavy (non-hydrogen) atoms. The molecule has 1 saturated heterocycles. The summed E-state index contributed by atoms with van der Waals surface area (Å²) in [6.07, 6.45) is 0.195. The van der Waals surface area contributed by atoms with Crippen molar-refractivity contribution in [3.05, 3.63) is 59.4 Å². The van der Waals surface area contributed by atoms with E-state index in [4.69, 9.17) is 4.74 Å². The molecule has 1 heterocycles. The molecule has 0 saturated carbocycles. The number of rotatable bonds is 5. The van der Waals surface area contributed by atoms with Crippen LogP contribution >= 0.6 is 0 Å². The Morgan fingerprint density at radius 3 is 2.30 bits per heavy atom. The van der Waals surface area contributed by atoms with Crippen LogP contribution in [-0.4, -0.2) is 49.9 Å². The van der Waals surface area contributed by atoms with Crippen molar-refractivity contribution < 1.29 is 18.7 Å². The molecule has 1 aliphatic heterocycles. The summed E-state index contributed by atoms with van der Waals surface area (Å²) in [5, 5.41) is 0. The van der Waals surface area contributed by atoms with Crippen LogP contribution in [0.1, 0.15) is 22.8 Å². The Labute approximate surface area is 158 Å². The van der Waals surface area contributed by atoms with Crippen molar-refractivity contribution in [3.8, 4) is 5.75 Å². The van der Waals surface area contributed by atoms with Crippen LogP contribution in [0.4, 0.5) is 10.1 Å². The Hall–Kier alpha value is -2.89. The second-order valence-electron chi connectivity index (χ2n) is 6.60. The van der Waals surface area contributed by atoms with Crippen molar-refractivity contribution in [1.29, 1.82) is 0 Å². The Kier molecular flexibility index (Phi) is 5.74. The fourth-order valence-corrected chi connectivity index (χ4v) is 3.28. The average molecular weight is 370 g/mol. The van der Waals surface area contributed by atoms with Crippen molar-refractivity contribution in [2.75, 3.05) is 38.2 Å². The Morgan fingerprint density at radius 2 is 1.70 bits per heavy atom. The third kappa shape index (κ3) is 4.45. The van der Waals surface area contributed by atoms with Gasteiger partial charge in [0.2, 0.25) is 5.91 Å². The summed E-state index contributed by atoms with van der Waals surface area (Å²) in [5.74, 6) is 0.319. The fourth-order valence-electron chi connectivity index (χ4n) is 3.28. The van der Waals surface area contributed by atoms with Gasteiger partial charge >= 0.3 is 0 Å². The smallest absolute Gasteiger partial charge is 0.227 e. The molecule has 6 heteroatoms. The quantitative estimate of drug-likeness (QED) is 0.760. The molecule has 0 radical (unpaired) electrons. The lowest BCUT2D eigenvalue weighted by Crippen LogP contribution is -2.49. The Morgan fingerprint density at radius 1 is 1.04 bits per heavy atom. The maximum atomic E-state index is 13.1. The van der Waals surface area contributed by atoms with Crippen molar-refractivity contribution in [2.45, 2.75) is 13.3 Å². The number of anilines is 1. The number of carbonyl (C=O) groups excluding carboxylic acids is 2. The maximum Gasteiger partial charge on any atom is 0.227 e. The molecule has 3 rings (SSSR count). The topological polar surface area (TPSA) is 49.9 Å². The lowest BCUT2D eigenvalue weighted by atomic mass is 10.0. The normalized spacial score (nSPS) is 14.2. The Bertz CT molecular complexity index is 828. The third-order valence-corrected chi connectivity index (χ3v) is 4.85. The number of nitrogens with zero attached hydrogens (tertiary/aromatic N) is 2. The van der Waals surface area contributed by atoms with E-state index < -0.39 is 0 Å². The molecule has 0 bridgehead atoms. The molecule has 1 fully saturated rings. The highest BCUT2D eigenvalue weighted by molar-refractivity contribution is 5.94. The lowest BCUT2D eigenvalue weighted by Gasteiger charge is -2.36. The lowest BCUT2D eigenvalue weighted by molar-refractivity contribution is -0.130. The molecule has 5 nitrogen and oxygen atoms in total. The maximum absolute atomic E-state index is 13.1. The molecule has 0 aliphatic carbocycles. The van der Waals surface area contributed by atoms with Crippen molar-refractivity contribution in [2.24, 2.45) is 0 Å². The van der Waals surface area contributed by atoms with Crippen LogP contribution in [0.2, 0.25) is 0 Å². The average Bonchev–Trinajstić information content (AvgIpc) is 2.68. The first-order valence-electron chi connectivity index (χ1n) is 8.94. The first-order chi connectivity index (χ1) is 13.0. The predicted molar refractivity (Wildman–Crippen MR) is 102 cm³/mol. The van der Waals surface area contributed by atoms with Crippen LogP contribution in [0.5, 0.6) is 5.75 Å². The predicted octanol–water partition coefficient (Wildman–Crippen LogP) is 2.93. The van der Waals surface area contributed by atoms with E-state index in [-0.39, 0.29) is 23.9 Å². The summed E-state index contributed by atoms with van der Waals surface area (Å²) in [6, 6.07) is 11.6. The highest BCUT2D eigenvalue weighted by atomic mass is 19.1. The minimum atomic E-state index is -0.255. The number of carbonyl (C=O) groups is 2. The number of piperazine rings is 1. The minimum Gasteiger partial charge on any atom is -0.496 e. The number of benzene rings is 2. The van der Waals surface area contributed by atoms with Gasteiger partial charge in [-0.15, -0.1) is 0 Å². The van der Waals surface area contributed by atoms with Crippen molar-refractivity contribution in [3.63, 3.8) is 0 Å². The van der Waals surface area contributed by atoms with Crippen LogP contribution in [0.15, 0.2) is 42.5 Å². The van der Waals surface area contributed by atoms with Crippen molar-refractivity contribution >= 4 is 17.4 Å². The number of ketones is 1. The van der Waals surface area contributed by atoms with E-state index >= 15 is 0 Å². The highest BCUT2D eigenvalue weighted by Gasteiger charge is 2.22. The fraction of sp³-hybridized carbons (Fsp3) is 0.333. The van der Waals surface area contributed by atoms with Crippen LogP contribution in [0, 0.1) is 5.82 Å². The zero-order valence-electron chi connectivity index (χ0n) is 15.6. The van der Waals surface area contributed by atoms with E-state index in [1.54, 1.807) is 37.4 Å². The van der Waals surface area contributed by atoms with E-state index in [1.165, 1.54) is 19.1 Å². The van der Waals surface area contributed by atoms with Gasteiger partial charge in [0.15, 0.2) is 5.78 Å². The molecule has 2 aromatic carbocycles. The van der Waals surface area contributed by atoms with Gasteiger partial charge in [0.05, 0.1) is 13.5 Å². The third-order valence-electron chi connectivity index (χ3n) is 4.85. The zero-order chi connectivity index (χ0) is 19.4. The molecule has 0 spiro atoms. The van der Waals surface area contributed by atoms with Gasteiger partial charge in [-0.3, -0.25) is 9.59 Å². The summed E-state index contributed by atoms with van der Waals surface area (Å²) < 4.78 is 18.4. The SMILES string of the molecule is COc1ccc(C(C)=O)cc1CC(=O)N1CCN(c2ccc(F)cc2)CC1. The highest BCUT2D eigenvalue weighted by Crippen LogP contribution is 2.22. The van der Waals surface area contributed by atoms with Gasteiger partial charge in [-0.25, -0.2) is 4.39 Å². The molecule has 0 aromatic heterocycles. The molecule has 1 amide bonds. The molecule has 0 atom stereocenters. The summed E-state index contributed by atoms with van der Waals surface area (Å²) in [7, 11) is 1.55. The monoisotopic (exact) mass is 370 g/mol. The number of Topliss-reactive ketones (excluding diaryl/α,β-unsaturated/α-hetero) is 1. The van der Waals surface area contributed by atoms with Gasteiger partial charge in [0.1, 0.15) is 11.6 Å². The Balaban J connectivity index is 1.63. The first kappa shape index (κ1) is 18.9. The molecule has 142 valence electrons. The zero-order valence-corrected chi connectivity index (χ0v) is 15.6. The number of hydrogen-bond acceptors (Lipinski definition) is 4. The molecule has 0 N–H and O–H groups in total. The number of ether oxygens (including phenoxy) is 1. The van der Waals surface area contributed by atoms with Gasteiger partial charge < -0.3 is 14.5 Å². The van der Waals surface area contributed by atoms with Crippen LogP contribution in [0.3, 0.4) is 0 Å². The van der Waals surface area contributed by atoms with Gasteiger partial charge in [0.25, 0.3) is 0 Å². The summed E-state index contributed by atoms with van der Waals surface area (Å²) in [5.41, 5.74) is 2.25. The molecule has 1 aliphatic rings. The molecular weight excluding hydrogens is 347 g/mol. The molecule has 2 aromatic rings. The number of amides is 1. The number of halogens is 1. The second-order valence-corrected chi connectivity index (χ2v) is 6.60. The summed E-state index contributed by atoms with van der Waals surface area (Å²) in [4.78, 5) is 28.3. The second kappa shape index (κ2) is 8.20. The van der Waals surface area contributed by atoms with Crippen LogP contribution < -0.4 is 9.64 Å². The van der Waals surface area contributed by atoms with Gasteiger partial charge in [-0.05, 0) is 49.4 Å². The first-order valence-corrected chi connectivity index (χ1v) is 8.94. The van der Waals surface area contributed by atoms with Gasteiger partial charge in [-0.2, -0.15) is 0 Å². The van der Waals surface area contributed by atoms with Gasteiger partial charge in [0, 0.05) is 43.0 Å². The summed E-state index contributed by atoms with van der Waals surface area (Å²) in [6.45, 7) is 4.10. The number of hydrogen-bond donors (Lipinski definition) is 0. The minimum absolute atomic E-state index is 0.00718. The van der Waals surface area contributed by atoms with Crippen LogP contribution in [-0.2, 0) is 11.2 Å². The molecular formula is C21H23FN2O3. The van der Waals surface area contributed by atoms with E-state index in [2.05, 4.69) is 4.90 Å². The van der Waals surface area contributed by atoms with E-state index in [0.29, 0.717) is 37.5 Å². The van der Waals surface area contributed by atoms with Crippen LogP contribution in [0.25, 0.3) is 0 Å². The molecule has 0 unspecified atom stereocenters. The van der Waals surface area contributed by atoms with E-state index in [1.807, 2.05) is 4.90 Å². The van der Waals surface area contributed by atoms with E-state index in [0.717, 1.165) is 11.3 Å². The number of methoxy groups -OCH3 is 1.